The molecule has 82 valence electrons. The number of hydrogen-bond acceptors (Lipinski definition) is 3. The standard InChI is InChI=1S/C13H15N3/c1-9-6-10(2)8-12(7-9)16-13-14-5-4-11(3)15-13/h4-8H,1-3H3,(H,14,15,16). The molecule has 0 aliphatic carbocycles. The van der Waals surface area contributed by atoms with Crippen molar-refractivity contribution in [3.05, 3.63) is 47.3 Å². The summed E-state index contributed by atoms with van der Waals surface area (Å²) in [6.07, 6.45) is 1.76. The number of benzene rings is 1. The highest BCUT2D eigenvalue weighted by atomic mass is 15.1. The zero-order valence-corrected chi connectivity index (χ0v) is 9.78. The number of hydrogen-bond donors (Lipinski definition) is 1. The second-order valence-electron chi connectivity index (χ2n) is 4.02. The number of aryl methyl sites for hydroxylation is 3. The summed E-state index contributed by atoms with van der Waals surface area (Å²) >= 11 is 0. The summed E-state index contributed by atoms with van der Waals surface area (Å²) in [6.45, 7) is 6.11. The Morgan fingerprint density at radius 2 is 1.69 bits per heavy atom. The van der Waals surface area contributed by atoms with Crippen LogP contribution in [0.2, 0.25) is 0 Å². The predicted molar refractivity (Wildman–Crippen MR) is 66.0 cm³/mol. The molecule has 0 atom stereocenters. The van der Waals surface area contributed by atoms with Gasteiger partial charge in [-0.05, 0) is 50.1 Å². The van der Waals surface area contributed by atoms with Gasteiger partial charge in [0.15, 0.2) is 0 Å². The van der Waals surface area contributed by atoms with E-state index in [1.807, 2.05) is 13.0 Å². The van der Waals surface area contributed by atoms with Crippen LogP contribution in [0.5, 0.6) is 0 Å². The Bertz CT molecular complexity index is 486. The molecule has 0 fully saturated rings. The van der Waals surface area contributed by atoms with E-state index >= 15 is 0 Å². The van der Waals surface area contributed by atoms with E-state index in [0.29, 0.717) is 5.95 Å². The van der Waals surface area contributed by atoms with Gasteiger partial charge in [-0.1, -0.05) is 6.07 Å². The number of nitrogens with zero attached hydrogens (tertiary/aromatic N) is 2. The minimum absolute atomic E-state index is 0.644. The zero-order chi connectivity index (χ0) is 11.5. The van der Waals surface area contributed by atoms with E-state index in [1.165, 1.54) is 11.1 Å². The number of aromatic nitrogens is 2. The van der Waals surface area contributed by atoms with Crippen molar-refractivity contribution in [3.63, 3.8) is 0 Å². The van der Waals surface area contributed by atoms with Crippen LogP contribution in [0.3, 0.4) is 0 Å². The average Bonchev–Trinajstić information content (AvgIpc) is 2.15. The lowest BCUT2D eigenvalue weighted by molar-refractivity contribution is 1.10. The largest absolute Gasteiger partial charge is 0.324 e. The highest BCUT2D eigenvalue weighted by Gasteiger charge is 1.99. The summed E-state index contributed by atoms with van der Waals surface area (Å²) in [4.78, 5) is 8.48. The van der Waals surface area contributed by atoms with Crippen LogP contribution in [0, 0.1) is 20.8 Å². The fourth-order valence-corrected chi connectivity index (χ4v) is 1.69. The SMILES string of the molecule is Cc1cc(C)cc(Nc2nccc(C)n2)c1. The molecule has 1 aromatic heterocycles. The Balaban J connectivity index is 2.27. The van der Waals surface area contributed by atoms with Crippen LogP contribution in [-0.2, 0) is 0 Å². The van der Waals surface area contributed by atoms with Crippen molar-refractivity contribution in [1.82, 2.24) is 9.97 Å². The summed E-state index contributed by atoms with van der Waals surface area (Å²) in [5.41, 5.74) is 4.45. The molecule has 16 heavy (non-hydrogen) atoms. The van der Waals surface area contributed by atoms with Gasteiger partial charge in [-0.3, -0.25) is 0 Å². The summed E-state index contributed by atoms with van der Waals surface area (Å²) in [6, 6.07) is 8.19. The van der Waals surface area contributed by atoms with Crippen molar-refractivity contribution in [2.75, 3.05) is 5.32 Å². The van der Waals surface area contributed by atoms with E-state index in [-0.39, 0.29) is 0 Å². The maximum Gasteiger partial charge on any atom is 0.227 e. The first-order valence-corrected chi connectivity index (χ1v) is 5.28. The van der Waals surface area contributed by atoms with Crippen LogP contribution >= 0.6 is 0 Å². The minimum Gasteiger partial charge on any atom is -0.324 e. The molecular weight excluding hydrogens is 198 g/mol. The van der Waals surface area contributed by atoms with E-state index in [1.54, 1.807) is 6.20 Å². The molecule has 0 saturated carbocycles. The maximum atomic E-state index is 4.31. The molecule has 2 rings (SSSR count). The molecule has 2 aromatic rings. The van der Waals surface area contributed by atoms with Crippen LogP contribution in [-0.4, -0.2) is 9.97 Å². The van der Waals surface area contributed by atoms with Crippen molar-refractivity contribution in [2.24, 2.45) is 0 Å². The van der Waals surface area contributed by atoms with Crippen LogP contribution in [0.1, 0.15) is 16.8 Å². The quantitative estimate of drug-likeness (QED) is 0.832. The number of rotatable bonds is 2. The third-order valence-electron chi connectivity index (χ3n) is 2.27. The number of nitrogens with one attached hydrogen (secondary N) is 1. The second kappa shape index (κ2) is 4.31. The summed E-state index contributed by atoms with van der Waals surface area (Å²) < 4.78 is 0. The third-order valence-corrected chi connectivity index (χ3v) is 2.27. The van der Waals surface area contributed by atoms with Crippen molar-refractivity contribution < 1.29 is 0 Å². The first kappa shape index (κ1) is 10.6. The van der Waals surface area contributed by atoms with E-state index < -0.39 is 0 Å². The Hall–Kier alpha value is -1.90. The predicted octanol–water partition coefficient (Wildman–Crippen LogP) is 3.15. The molecule has 0 saturated heterocycles. The molecule has 0 amide bonds. The first-order chi connectivity index (χ1) is 7.63. The van der Waals surface area contributed by atoms with Gasteiger partial charge in [0.25, 0.3) is 0 Å². The molecule has 0 aliphatic heterocycles. The fraction of sp³-hybridized carbons (Fsp3) is 0.231. The Labute approximate surface area is 95.6 Å². The lowest BCUT2D eigenvalue weighted by Crippen LogP contribution is -1.98. The van der Waals surface area contributed by atoms with E-state index in [9.17, 15) is 0 Å². The van der Waals surface area contributed by atoms with Gasteiger partial charge in [0, 0.05) is 17.6 Å². The highest BCUT2D eigenvalue weighted by molar-refractivity contribution is 5.55. The Morgan fingerprint density at radius 3 is 2.31 bits per heavy atom. The molecule has 0 unspecified atom stereocenters. The van der Waals surface area contributed by atoms with Gasteiger partial charge in [-0.2, -0.15) is 0 Å². The minimum atomic E-state index is 0.644. The monoisotopic (exact) mass is 213 g/mol. The summed E-state index contributed by atoms with van der Waals surface area (Å²) in [5, 5.41) is 3.20. The molecule has 1 N–H and O–H groups in total. The van der Waals surface area contributed by atoms with Crippen molar-refractivity contribution in [1.29, 1.82) is 0 Å². The zero-order valence-electron chi connectivity index (χ0n) is 9.78. The van der Waals surface area contributed by atoms with Crippen LogP contribution in [0.15, 0.2) is 30.5 Å². The highest BCUT2D eigenvalue weighted by Crippen LogP contribution is 2.16. The molecule has 1 aromatic carbocycles. The van der Waals surface area contributed by atoms with E-state index in [4.69, 9.17) is 0 Å². The molecule has 0 bridgehead atoms. The molecule has 0 radical (unpaired) electrons. The lowest BCUT2D eigenvalue weighted by atomic mass is 10.1. The smallest absolute Gasteiger partial charge is 0.227 e. The van der Waals surface area contributed by atoms with Crippen LogP contribution in [0.25, 0.3) is 0 Å². The van der Waals surface area contributed by atoms with Crippen LogP contribution < -0.4 is 5.32 Å². The van der Waals surface area contributed by atoms with E-state index in [0.717, 1.165) is 11.4 Å². The average molecular weight is 213 g/mol. The second-order valence-corrected chi connectivity index (χ2v) is 4.02. The molecular formula is C13H15N3. The normalized spacial score (nSPS) is 10.2. The Kier molecular flexibility index (Phi) is 2.86. The lowest BCUT2D eigenvalue weighted by Gasteiger charge is -2.07. The topological polar surface area (TPSA) is 37.8 Å². The molecule has 0 spiro atoms. The molecule has 3 nitrogen and oxygen atoms in total. The first-order valence-electron chi connectivity index (χ1n) is 5.28. The summed E-state index contributed by atoms with van der Waals surface area (Å²) in [5.74, 6) is 0.644. The Morgan fingerprint density at radius 1 is 1.00 bits per heavy atom. The molecule has 1 heterocycles. The van der Waals surface area contributed by atoms with Gasteiger partial charge >= 0.3 is 0 Å². The van der Waals surface area contributed by atoms with Gasteiger partial charge in [-0.25, -0.2) is 9.97 Å². The maximum absolute atomic E-state index is 4.31. The summed E-state index contributed by atoms with van der Waals surface area (Å²) in [7, 11) is 0. The fourth-order valence-electron chi connectivity index (χ4n) is 1.69. The van der Waals surface area contributed by atoms with Crippen molar-refractivity contribution in [3.8, 4) is 0 Å². The molecule has 3 heteroatoms. The third kappa shape index (κ3) is 2.57. The van der Waals surface area contributed by atoms with Gasteiger partial charge in [0.2, 0.25) is 5.95 Å². The van der Waals surface area contributed by atoms with Gasteiger partial charge in [0.05, 0.1) is 0 Å². The van der Waals surface area contributed by atoms with Crippen LogP contribution in [0.4, 0.5) is 11.6 Å². The van der Waals surface area contributed by atoms with Gasteiger partial charge in [-0.15, -0.1) is 0 Å². The van der Waals surface area contributed by atoms with Crippen molar-refractivity contribution in [2.45, 2.75) is 20.8 Å². The van der Waals surface area contributed by atoms with Gasteiger partial charge < -0.3 is 5.32 Å². The van der Waals surface area contributed by atoms with Crippen molar-refractivity contribution >= 4 is 11.6 Å². The molecule has 0 aliphatic rings. The number of anilines is 2. The van der Waals surface area contributed by atoms with E-state index in [2.05, 4.69) is 47.3 Å². The van der Waals surface area contributed by atoms with Gasteiger partial charge in [0.1, 0.15) is 0 Å².